The summed E-state index contributed by atoms with van der Waals surface area (Å²) in [4.78, 5) is 17.3. The Kier molecular flexibility index (Phi) is 7.07. The Morgan fingerprint density at radius 2 is 1.52 bits per heavy atom. The Hall–Kier alpha value is -3.02. The molecule has 3 aromatic carbocycles. The molecule has 1 aliphatic heterocycles. The van der Waals surface area contributed by atoms with Crippen molar-refractivity contribution in [3.8, 4) is 0 Å². The summed E-state index contributed by atoms with van der Waals surface area (Å²) in [6.45, 7) is 5.24. The van der Waals surface area contributed by atoms with E-state index in [9.17, 15) is 9.18 Å². The monoisotopic (exact) mass is 417 g/mol. The van der Waals surface area contributed by atoms with E-state index >= 15 is 0 Å². The standard InChI is InChI=1S/C26H28FN3O/c27-25-13-5-4-9-23(25)20-30-15-7-14-29(16-17-30)19-21-8-6-10-22(18-21)26(31)28-24-11-2-1-3-12-24/h1-6,8-13,18H,7,14-17,19-20H2,(H,28,31). The Bertz CT molecular complexity index is 1010. The number of rotatable bonds is 6. The lowest BCUT2D eigenvalue weighted by Crippen LogP contribution is -2.30. The predicted octanol–water partition coefficient (Wildman–Crippen LogP) is 4.79. The smallest absolute Gasteiger partial charge is 0.255 e. The first-order valence-corrected chi connectivity index (χ1v) is 10.8. The lowest BCUT2D eigenvalue weighted by atomic mass is 10.1. The van der Waals surface area contributed by atoms with Gasteiger partial charge in [-0.05, 0) is 55.4 Å². The number of benzene rings is 3. The first kappa shape index (κ1) is 21.2. The Morgan fingerprint density at radius 1 is 0.806 bits per heavy atom. The molecule has 1 aliphatic rings. The second-order valence-corrected chi connectivity index (χ2v) is 8.02. The van der Waals surface area contributed by atoms with Crippen LogP contribution in [0.5, 0.6) is 0 Å². The van der Waals surface area contributed by atoms with Gasteiger partial charge in [-0.15, -0.1) is 0 Å². The molecule has 0 radical (unpaired) electrons. The third-order valence-electron chi connectivity index (χ3n) is 5.66. The zero-order chi connectivity index (χ0) is 21.5. The van der Waals surface area contributed by atoms with Gasteiger partial charge in [0.25, 0.3) is 5.91 Å². The third-order valence-corrected chi connectivity index (χ3v) is 5.66. The zero-order valence-corrected chi connectivity index (χ0v) is 17.6. The number of halogens is 1. The highest BCUT2D eigenvalue weighted by Gasteiger charge is 2.17. The molecule has 1 heterocycles. The number of hydrogen-bond acceptors (Lipinski definition) is 3. The van der Waals surface area contributed by atoms with Crippen LogP contribution in [-0.4, -0.2) is 41.9 Å². The fraction of sp³-hybridized carbons (Fsp3) is 0.269. The van der Waals surface area contributed by atoms with Crippen LogP contribution in [0, 0.1) is 5.82 Å². The molecule has 1 N–H and O–H groups in total. The van der Waals surface area contributed by atoms with E-state index in [1.165, 1.54) is 6.07 Å². The van der Waals surface area contributed by atoms with E-state index in [-0.39, 0.29) is 11.7 Å². The minimum absolute atomic E-state index is 0.0972. The summed E-state index contributed by atoms with van der Waals surface area (Å²) >= 11 is 0. The zero-order valence-electron chi connectivity index (χ0n) is 17.6. The van der Waals surface area contributed by atoms with Gasteiger partial charge in [-0.25, -0.2) is 4.39 Å². The van der Waals surface area contributed by atoms with Gasteiger partial charge in [0.15, 0.2) is 0 Å². The van der Waals surface area contributed by atoms with E-state index in [4.69, 9.17) is 0 Å². The molecule has 0 bridgehead atoms. The number of nitrogens with zero attached hydrogens (tertiary/aromatic N) is 2. The SMILES string of the molecule is O=C(Nc1ccccc1)c1cccc(CN2CCCN(Cc3ccccc3F)CC2)c1. The average Bonchev–Trinajstić information content (AvgIpc) is 3.01. The molecule has 5 heteroatoms. The minimum Gasteiger partial charge on any atom is -0.322 e. The van der Waals surface area contributed by atoms with Crippen LogP contribution in [0.3, 0.4) is 0 Å². The van der Waals surface area contributed by atoms with Crippen molar-refractivity contribution < 1.29 is 9.18 Å². The van der Waals surface area contributed by atoms with E-state index in [1.54, 1.807) is 6.07 Å². The molecule has 31 heavy (non-hydrogen) atoms. The van der Waals surface area contributed by atoms with Crippen molar-refractivity contribution in [2.45, 2.75) is 19.5 Å². The lowest BCUT2D eigenvalue weighted by Gasteiger charge is -2.22. The van der Waals surface area contributed by atoms with Gasteiger partial charge in [-0.2, -0.15) is 0 Å². The van der Waals surface area contributed by atoms with Crippen LogP contribution in [0.1, 0.15) is 27.9 Å². The number of para-hydroxylation sites is 1. The van der Waals surface area contributed by atoms with Gasteiger partial charge in [0.2, 0.25) is 0 Å². The van der Waals surface area contributed by atoms with E-state index in [0.717, 1.165) is 56.0 Å². The summed E-state index contributed by atoms with van der Waals surface area (Å²) in [6, 6.07) is 24.3. The number of carbonyl (C=O) groups is 1. The normalized spacial score (nSPS) is 15.4. The summed E-state index contributed by atoms with van der Waals surface area (Å²) in [5.41, 5.74) is 3.34. The average molecular weight is 418 g/mol. The number of anilines is 1. The first-order valence-electron chi connectivity index (χ1n) is 10.8. The van der Waals surface area contributed by atoms with Gasteiger partial charge in [0.05, 0.1) is 0 Å². The molecule has 160 valence electrons. The molecule has 0 spiro atoms. The highest BCUT2D eigenvalue weighted by Crippen LogP contribution is 2.15. The molecule has 0 aliphatic carbocycles. The quantitative estimate of drug-likeness (QED) is 0.627. The second-order valence-electron chi connectivity index (χ2n) is 8.02. The first-order chi connectivity index (χ1) is 15.2. The van der Waals surface area contributed by atoms with E-state index in [0.29, 0.717) is 12.1 Å². The summed E-state index contributed by atoms with van der Waals surface area (Å²) < 4.78 is 14.0. The van der Waals surface area contributed by atoms with Gasteiger partial charge in [0, 0.05) is 43.0 Å². The summed E-state index contributed by atoms with van der Waals surface area (Å²) in [5.74, 6) is -0.228. The van der Waals surface area contributed by atoms with Crippen molar-refractivity contribution in [3.05, 3.63) is 101 Å². The second kappa shape index (κ2) is 10.3. The maximum absolute atomic E-state index is 14.0. The van der Waals surface area contributed by atoms with Gasteiger partial charge in [0.1, 0.15) is 5.82 Å². The van der Waals surface area contributed by atoms with Crippen LogP contribution in [-0.2, 0) is 13.1 Å². The Balaban J connectivity index is 1.33. The molecule has 0 aromatic heterocycles. The van der Waals surface area contributed by atoms with Crippen LogP contribution >= 0.6 is 0 Å². The maximum Gasteiger partial charge on any atom is 0.255 e. The largest absolute Gasteiger partial charge is 0.322 e. The Labute approximate surface area is 183 Å². The highest BCUT2D eigenvalue weighted by atomic mass is 19.1. The number of amides is 1. The van der Waals surface area contributed by atoms with Crippen molar-refractivity contribution in [3.63, 3.8) is 0 Å². The van der Waals surface area contributed by atoms with Crippen molar-refractivity contribution >= 4 is 11.6 Å². The van der Waals surface area contributed by atoms with Crippen molar-refractivity contribution in [2.24, 2.45) is 0 Å². The van der Waals surface area contributed by atoms with Crippen LogP contribution in [0.15, 0.2) is 78.9 Å². The molecular weight excluding hydrogens is 389 g/mol. The third kappa shape index (κ3) is 6.00. The lowest BCUT2D eigenvalue weighted by molar-refractivity contribution is 0.102. The molecule has 1 amide bonds. The number of hydrogen-bond donors (Lipinski definition) is 1. The van der Waals surface area contributed by atoms with Crippen LogP contribution in [0.4, 0.5) is 10.1 Å². The van der Waals surface area contributed by atoms with Crippen molar-refractivity contribution in [1.29, 1.82) is 0 Å². The maximum atomic E-state index is 14.0. The molecule has 0 saturated carbocycles. The van der Waals surface area contributed by atoms with Crippen molar-refractivity contribution in [1.82, 2.24) is 9.80 Å². The van der Waals surface area contributed by atoms with Crippen LogP contribution in [0.25, 0.3) is 0 Å². The van der Waals surface area contributed by atoms with Gasteiger partial charge in [-0.1, -0.05) is 48.5 Å². The van der Waals surface area contributed by atoms with Crippen molar-refractivity contribution in [2.75, 3.05) is 31.5 Å². The van der Waals surface area contributed by atoms with E-state index in [2.05, 4.69) is 21.2 Å². The van der Waals surface area contributed by atoms with Gasteiger partial charge >= 0.3 is 0 Å². The number of carbonyl (C=O) groups excluding carboxylic acids is 1. The fourth-order valence-corrected chi connectivity index (χ4v) is 4.00. The molecule has 0 unspecified atom stereocenters. The summed E-state index contributed by atoms with van der Waals surface area (Å²) in [7, 11) is 0. The molecule has 0 atom stereocenters. The molecule has 3 aromatic rings. The van der Waals surface area contributed by atoms with Gasteiger partial charge in [-0.3, -0.25) is 14.6 Å². The van der Waals surface area contributed by atoms with E-state index < -0.39 is 0 Å². The molecule has 4 rings (SSSR count). The molecular formula is C26H28FN3O. The van der Waals surface area contributed by atoms with Gasteiger partial charge < -0.3 is 5.32 Å². The number of nitrogens with one attached hydrogen (secondary N) is 1. The molecule has 4 nitrogen and oxygen atoms in total. The summed E-state index contributed by atoms with van der Waals surface area (Å²) in [6.07, 6.45) is 1.04. The van der Waals surface area contributed by atoms with E-state index in [1.807, 2.05) is 60.7 Å². The molecule has 1 saturated heterocycles. The van der Waals surface area contributed by atoms with Crippen LogP contribution < -0.4 is 5.32 Å². The minimum atomic E-state index is -0.130. The topological polar surface area (TPSA) is 35.6 Å². The van der Waals surface area contributed by atoms with Crippen LogP contribution in [0.2, 0.25) is 0 Å². The predicted molar refractivity (Wildman–Crippen MR) is 122 cm³/mol. The highest BCUT2D eigenvalue weighted by molar-refractivity contribution is 6.04. The molecule has 1 fully saturated rings. The summed E-state index contributed by atoms with van der Waals surface area (Å²) in [5, 5.41) is 2.94. The Morgan fingerprint density at radius 3 is 2.29 bits per heavy atom. The fourth-order valence-electron chi connectivity index (χ4n) is 4.00.